The third-order valence-electron chi connectivity index (χ3n) is 11.4. The van der Waals surface area contributed by atoms with Gasteiger partial charge in [-0.25, -0.2) is 15.0 Å². The Labute approximate surface area is 359 Å². The highest BCUT2D eigenvalue weighted by Crippen LogP contribution is 2.42. The normalized spacial score (nSPS) is 11.3. The van der Waals surface area contributed by atoms with Crippen LogP contribution in [0.4, 0.5) is 0 Å². The Balaban J connectivity index is 0.959. The molecule has 0 fully saturated rings. The van der Waals surface area contributed by atoms with E-state index in [0.717, 1.165) is 33.2 Å². The van der Waals surface area contributed by atoms with E-state index < -0.39 is 0 Å². The summed E-state index contributed by atoms with van der Waals surface area (Å²) in [6.07, 6.45) is 0. The van der Waals surface area contributed by atoms with E-state index in [-0.39, 0.29) is 0 Å². The van der Waals surface area contributed by atoms with E-state index in [2.05, 4.69) is 188 Å². The molecule has 3 nitrogen and oxygen atoms in total. The Hall–Kier alpha value is -7.79. The highest BCUT2D eigenvalue weighted by atomic mass is 32.1. The number of fused-ring (bicyclic) bond motifs is 3. The number of aromatic nitrogens is 3. The first-order chi connectivity index (χ1) is 30.2. The minimum Gasteiger partial charge on any atom is -0.208 e. The van der Waals surface area contributed by atoms with Gasteiger partial charge in [0.1, 0.15) is 0 Å². The summed E-state index contributed by atoms with van der Waals surface area (Å²) in [5, 5.41) is 2.35. The molecule has 0 unspecified atom stereocenters. The molecule has 0 saturated carbocycles. The summed E-state index contributed by atoms with van der Waals surface area (Å²) in [5.74, 6) is 1.98. The Bertz CT molecular complexity index is 3280. The van der Waals surface area contributed by atoms with Crippen molar-refractivity contribution in [1.82, 2.24) is 15.0 Å². The molecule has 0 aliphatic carbocycles. The fraction of sp³-hybridized carbons (Fsp3) is 0. The van der Waals surface area contributed by atoms with Gasteiger partial charge in [-0.3, -0.25) is 0 Å². The second-order valence-electron chi connectivity index (χ2n) is 15.1. The summed E-state index contributed by atoms with van der Waals surface area (Å²) in [5.41, 5.74) is 14.9. The summed E-state index contributed by atoms with van der Waals surface area (Å²) in [7, 11) is 0. The summed E-state index contributed by atoms with van der Waals surface area (Å²) >= 11 is 1.80. The lowest BCUT2D eigenvalue weighted by Gasteiger charge is -2.14. The van der Waals surface area contributed by atoms with Crippen LogP contribution in [0.25, 0.3) is 110 Å². The van der Waals surface area contributed by atoms with E-state index in [1.807, 2.05) is 36.4 Å². The lowest BCUT2D eigenvalue weighted by atomic mass is 9.90. The summed E-state index contributed by atoms with van der Waals surface area (Å²) < 4.78 is 2.43. The molecule has 286 valence electrons. The second kappa shape index (κ2) is 15.8. The molecule has 0 aliphatic rings. The summed E-state index contributed by atoms with van der Waals surface area (Å²) in [6, 6.07) is 79.6. The van der Waals surface area contributed by atoms with E-state index in [4.69, 9.17) is 15.0 Å². The minimum absolute atomic E-state index is 0.657. The van der Waals surface area contributed by atoms with Crippen LogP contribution in [0.2, 0.25) is 0 Å². The fourth-order valence-electron chi connectivity index (χ4n) is 8.41. The van der Waals surface area contributed by atoms with Crippen molar-refractivity contribution in [3.05, 3.63) is 224 Å². The summed E-state index contributed by atoms with van der Waals surface area (Å²) in [6.45, 7) is 0. The van der Waals surface area contributed by atoms with Crippen LogP contribution in [0.5, 0.6) is 0 Å². The number of thiophene rings is 1. The molecule has 2 heterocycles. The molecule has 4 heteroatoms. The fourth-order valence-corrected chi connectivity index (χ4v) is 9.52. The highest BCUT2D eigenvalue weighted by Gasteiger charge is 2.18. The van der Waals surface area contributed by atoms with Crippen LogP contribution in [0.3, 0.4) is 0 Å². The van der Waals surface area contributed by atoms with Crippen molar-refractivity contribution >= 4 is 31.5 Å². The van der Waals surface area contributed by atoms with Crippen molar-refractivity contribution in [3.63, 3.8) is 0 Å². The molecule has 9 aromatic carbocycles. The van der Waals surface area contributed by atoms with Crippen molar-refractivity contribution in [2.75, 3.05) is 0 Å². The number of nitrogens with zero attached hydrogens (tertiary/aromatic N) is 3. The van der Waals surface area contributed by atoms with Crippen LogP contribution in [0, 0.1) is 0 Å². The smallest absolute Gasteiger partial charge is 0.164 e. The van der Waals surface area contributed by atoms with Gasteiger partial charge in [0.2, 0.25) is 0 Å². The zero-order valence-electron chi connectivity index (χ0n) is 33.1. The molecule has 0 N–H and O–H groups in total. The van der Waals surface area contributed by atoms with Crippen LogP contribution >= 0.6 is 11.3 Å². The molecular formula is C57H37N3S. The highest BCUT2D eigenvalue weighted by molar-refractivity contribution is 7.26. The van der Waals surface area contributed by atoms with Crippen molar-refractivity contribution in [3.8, 4) is 89.8 Å². The molecule has 0 saturated heterocycles. The van der Waals surface area contributed by atoms with E-state index in [1.165, 1.54) is 59.3 Å². The zero-order chi connectivity index (χ0) is 40.5. The van der Waals surface area contributed by atoms with Gasteiger partial charge in [-0.2, -0.15) is 0 Å². The number of hydrogen-bond acceptors (Lipinski definition) is 4. The van der Waals surface area contributed by atoms with Gasteiger partial charge in [-0.15, -0.1) is 11.3 Å². The predicted octanol–water partition coefficient (Wildman–Crippen LogP) is 15.6. The average molecular weight is 796 g/mol. The van der Waals surface area contributed by atoms with Crippen LogP contribution in [0.15, 0.2) is 224 Å². The van der Waals surface area contributed by atoms with Crippen molar-refractivity contribution in [1.29, 1.82) is 0 Å². The Morgan fingerprint density at radius 2 is 0.656 bits per heavy atom. The lowest BCUT2D eigenvalue weighted by molar-refractivity contribution is 1.08. The molecule has 11 rings (SSSR count). The largest absolute Gasteiger partial charge is 0.208 e. The first-order valence-electron chi connectivity index (χ1n) is 20.5. The second-order valence-corrected chi connectivity index (χ2v) is 16.2. The Kier molecular flexibility index (Phi) is 9.38. The standard InChI is InChI=1S/C57H37N3S/c1-4-16-39(17-5-1)46-24-10-12-26-48(46)44-22-14-23-45(36-44)49-27-13-11-25-47(49)40-32-30-38(31-33-40)43-34-35-52-51(37-43)54-50(28-15-29-53(54)61-52)57-59-55(41-18-6-2-7-19-41)58-56(60-57)42-20-8-3-9-21-42/h1-37H. The van der Waals surface area contributed by atoms with E-state index in [0.29, 0.717) is 17.5 Å². The maximum atomic E-state index is 5.10. The topological polar surface area (TPSA) is 38.7 Å². The first kappa shape index (κ1) is 36.3. The van der Waals surface area contributed by atoms with Gasteiger partial charge >= 0.3 is 0 Å². The molecular weight excluding hydrogens is 759 g/mol. The quantitative estimate of drug-likeness (QED) is 0.154. The molecule has 0 radical (unpaired) electrons. The van der Waals surface area contributed by atoms with Gasteiger partial charge in [-0.05, 0) is 79.9 Å². The Morgan fingerprint density at radius 1 is 0.246 bits per heavy atom. The molecule has 0 atom stereocenters. The number of rotatable bonds is 8. The molecule has 0 aliphatic heterocycles. The molecule has 2 aromatic heterocycles. The molecule has 0 amide bonds. The van der Waals surface area contributed by atoms with E-state index in [9.17, 15) is 0 Å². The zero-order valence-corrected chi connectivity index (χ0v) is 33.9. The van der Waals surface area contributed by atoms with Gasteiger partial charge in [0.15, 0.2) is 17.5 Å². The SMILES string of the molecule is c1ccc(-c2nc(-c3ccccc3)nc(-c3cccc4sc5ccc(-c6ccc(-c7ccccc7-c7cccc(-c8ccccc8-c8ccccc8)c7)cc6)cc5c34)n2)cc1. The maximum absolute atomic E-state index is 5.10. The van der Waals surface area contributed by atoms with Crippen LogP contribution in [-0.2, 0) is 0 Å². The van der Waals surface area contributed by atoms with Gasteiger partial charge in [0.05, 0.1) is 0 Å². The first-order valence-corrected chi connectivity index (χ1v) is 21.3. The third kappa shape index (κ3) is 6.99. The lowest BCUT2D eigenvalue weighted by Crippen LogP contribution is -2.00. The van der Waals surface area contributed by atoms with Gasteiger partial charge < -0.3 is 0 Å². The summed E-state index contributed by atoms with van der Waals surface area (Å²) in [4.78, 5) is 15.2. The van der Waals surface area contributed by atoms with Gasteiger partial charge in [0, 0.05) is 36.9 Å². The van der Waals surface area contributed by atoms with E-state index >= 15 is 0 Å². The third-order valence-corrected chi connectivity index (χ3v) is 12.5. The number of benzene rings is 9. The van der Waals surface area contributed by atoms with Gasteiger partial charge in [-0.1, -0.05) is 200 Å². The van der Waals surface area contributed by atoms with Crippen molar-refractivity contribution in [2.45, 2.75) is 0 Å². The molecule has 61 heavy (non-hydrogen) atoms. The molecule has 0 bridgehead atoms. The van der Waals surface area contributed by atoms with Crippen LogP contribution < -0.4 is 0 Å². The average Bonchev–Trinajstić information content (AvgIpc) is 3.73. The Morgan fingerprint density at radius 3 is 1.23 bits per heavy atom. The van der Waals surface area contributed by atoms with Gasteiger partial charge in [0.25, 0.3) is 0 Å². The van der Waals surface area contributed by atoms with Crippen molar-refractivity contribution < 1.29 is 0 Å². The van der Waals surface area contributed by atoms with Crippen molar-refractivity contribution in [2.24, 2.45) is 0 Å². The predicted molar refractivity (Wildman–Crippen MR) is 256 cm³/mol. The molecule has 0 spiro atoms. The number of hydrogen-bond donors (Lipinski definition) is 0. The minimum atomic E-state index is 0.657. The van der Waals surface area contributed by atoms with Crippen LogP contribution in [-0.4, -0.2) is 15.0 Å². The monoisotopic (exact) mass is 795 g/mol. The van der Waals surface area contributed by atoms with E-state index in [1.54, 1.807) is 11.3 Å². The maximum Gasteiger partial charge on any atom is 0.164 e. The van der Waals surface area contributed by atoms with Crippen LogP contribution in [0.1, 0.15) is 0 Å². The molecule has 11 aromatic rings.